The molecule has 0 fully saturated rings. The van der Waals surface area contributed by atoms with E-state index < -0.39 is 0 Å². The van der Waals surface area contributed by atoms with Gasteiger partial charge in [-0.15, -0.1) is 0 Å². The van der Waals surface area contributed by atoms with Crippen LogP contribution >= 0.6 is 0 Å². The highest BCUT2D eigenvalue weighted by Gasteiger charge is 2.30. The molecule has 0 aliphatic heterocycles. The third-order valence-electron chi connectivity index (χ3n) is 4.23. The van der Waals surface area contributed by atoms with Crippen LogP contribution in [0.15, 0.2) is 30.3 Å². The second-order valence-electron chi connectivity index (χ2n) is 5.41. The Balaban J connectivity index is 2.24. The summed E-state index contributed by atoms with van der Waals surface area (Å²) in [6.45, 7) is 5.50. The average molecular weight is 255 g/mol. The molecule has 0 saturated carbocycles. The molecule has 2 atom stereocenters. The fourth-order valence-corrected chi connectivity index (χ4v) is 3.37. The summed E-state index contributed by atoms with van der Waals surface area (Å²) < 4.78 is 5.59. The molecule has 0 spiro atoms. The van der Waals surface area contributed by atoms with Gasteiger partial charge < -0.3 is 10.1 Å². The molecule has 1 aliphatic carbocycles. The van der Waals surface area contributed by atoms with E-state index >= 15 is 0 Å². The minimum Gasteiger partial charge on any atom is -0.496 e. The van der Waals surface area contributed by atoms with Crippen LogP contribution in [0.4, 0.5) is 0 Å². The van der Waals surface area contributed by atoms with E-state index in [1.54, 1.807) is 7.11 Å². The zero-order valence-electron chi connectivity index (χ0n) is 11.9. The summed E-state index contributed by atoms with van der Waals surface area (Å²) >= 11 is 0. The molecule has 2 aromatic rings. The molecule has 0 radical (unpaired) electrons. The fourth-order valence-electron chi connectivity index (χ4n) is 3.37. The number of fused-ring (bicyclic) bond motifs is 3. The van der Waals surface area contributed by atoms with Gasteiger partial charge in [0, 0.05) is 11.4 Å². The van der Waals surface area contributed by atoms with Gasteiger partial charge in [-0.25, -0.2) is 0 Å². The van der Waals surface area contributed by atoms with Crippen molar-refractivity contribution in [3.8, 4) is 5.75 Å². The van der Waals surface area contributed by atoms with Crippen LogP contribution in [0.25, 0.3) is 10.8 Å². The van der Waals surface area contributed by atoms with Gasteiger partial charge in [-0.3, -0.25) is 0 Å². The molecular weight excluding hydrogens is 234 g/mol. The van der Waals surface area contributed by atoms with Crippen molar-refractivity contribution in [2.75, 3.05) is 13.7 Å². The van der Waals surface area contributed by atoms with Crippen molar-refractivity contribution < 1.29 is 4.74 Å². The van der Waals surface area contributed by atoms with Crippen molar-refractivity contribution >= 4 is 10.8 Å². The second kappa shape index (κ2) is 4.86. The number of ether oxygens (including phenoxy) is 1. The Kier molecular flexibility index (Phi) is 3.19. The standard InChI is InChI=1S/C17H21NO/c1-4-18-17-11(2)9-14-12-7-5-6-8-13(12)16(19-3)10-15(14)17/h5-8,10-11,17-18H,4,9H2,1-3H3. The zero-order valence-corrected chi connectivity index (χ0v) is 11.9. The second-order valence-corrected chi connectivity index (χ2v) is 5.41. The molecule has 2 heteroatoms. The first kappa shape index (κ1) is 12.5. The van der Waals surface area contributed by atoms with E-state index in [1.807, 2.05) is 0 Å². The van der Waals surface area contributed by atoms with Gasteiger partial charge in [0.15, 0.2) is 0 Å². The Hall–Kier alpha value is -1.54. The molecule has 0 aromatic heterocycles. The van der Waals surface area contributed by atoms with Crippen LogP contribution in [0.3, 0.4) is 0 Å². The van der Waals surface area contributed by atoms with Gasteiger partial charge in [-0.1, -0.05) is 38.1 Å². The van der Waals surface area contributed by atoms with Crippen molar-refractivity contribution in [3.05, 3.63) is 41.5 Å². The third kappa shape index (κ3) is 1.91. The monoisotopic (exact) mass is 255 g/mol. The highest BCUT2D eigenvalue weighted by Crippen LogP contribution is 2.43. The number of hydrogen-bond acceptors (Lipinski definition) is 2. The van der Waals surface area contributed by atoms with Crippen LogP contribution in [-0.4, -0.2) is 13.7 Å². The minimum atomic E-state index is 0.457. The van der Waals surface area contributed by atoms with Crippen LogP contribution < -0.4 is 10.1 Å². The Labute approximate surface area is 114 Å². The summed E-state index contributed by atoms with van der Waals surface area (Å²) in [5.41, 5.74) is 2.92. The molecule has 2 nitrogen and oxygen atoms in total. The van der Waals surface area contributed by atoms with Gasteiger partial charge in [-0.2, -0.15) is 0 Å². The lowest BCUT2D eigenvalue weighted by Gasteiger charge is -2.18. The number of nitrogens with one attached hydrogen (secondary N) is 1. The highest BCUT2D eigenvalue weighted by atomic mass is 16.5. The highest BCUT2D eigenvalue weighted by molar-refractivity contribution is 5.92. The first-order valence-corrected chi connectivity index (χ1v) is 7.08. The predicted octanol–water partition coefficient (Wildman–Crippen LogP) is 3.69. The van der Waals surface area contributed by atoms with Gasteiger partial charge in [0.2, 0.25) is 0 Å². The maximum absolute atomic E-state index is 5.59. The maximum atomic E-state index is 5.59. The lowest BCUT2D eigenvalue weighted by atomic mass is 9.99. The molecule has 2 unspecified atom stereocenters. The van der Waals surface area contributed by atoms with E-state index in [4.69, 9.17) is 4.74 Å². The minimum absolute atomic E-state index is 0.457. The molecule has 100 valence electrons. The largest absolute Gasteiger partial charge is 0.496 e. The van der Waals surface area contributed by atoms with E-state index in [0.717, 1.165) is 18.7 Å². The van der Waals surface area contributed by atoms with Gasteiger partial charge in [0.05, 0.1) is 7.11 Å². The van der Waals surface area contributed by atoms with Gasteiger partial charge in [-0.05, 0) is 41.5 Å². The van der Waals surface area contributed by atoms with Crippen molar-refractivity contribution in [2.24, 2.45) is 5.92 Å². The molecule has 2 aromatic carbocycles. The average Bonchev–Trinajstić information content (AvgIpc) is 2.75. The predicted molar refractivity (Wildman–Crippen MR) is 79.8 cm³/mol. The Morgan fingerprint density at radius 3 is 2.68 bits per heavy atom. The molecule has 0 bridgehead atoms. The maximum Gasteiger partial charge on any atom is 0.127 e. The molecule has 3 rings (SSSR count). The van der Waals surface area contributed by atoms with E-state index in [1.165, 1.54) is 21.9 Å². The molecule has 1 N–H and O–H groups in total. The number of benzene rings is 2. The van der Waals surface area contributed by atoms with Crippen molar-refractivity contribution in [1.82, 2.24) is 5.32 Å². The first-order chi connectivity index (χ1) is 9.26. The Morgan fingerprint density at radius 2 is 2.00 bits per heavy atom. The van der Waals surface area contributed by atoms with Crippen molar-refractivity contribution in [1.29, 1.82) is 0 Å². The number of hydrogen-bond donors (Lipinski definition) is 1. The summed E-state index contributed by atoms with van der Waals surface area (Å²) in [4.78, 5) is 0. The van der Waals surface area contributed by atoms with Crippen LogP contribution in [0.5, 0.6) is 5.75 Å². The lowest BCUT2D eigenvalue weighted by molar-refractivity contribution is 0.412. The van der Waals surface area contributed by atoms with E-state index in [0.29, 0.717) is 12.0 Å². The third-order valence-corrected chi connectivity index (χ3v) is 4.23. The summed E-state index contributed by atoms with van der Waals surface area (Å²) in [5, 5.41) is 6.19. The molecule has 19 heavy (non-hydrogen) atoms. The number of rotatable bonds is 3. The van der Waals surface area contributed by atoms with Crippen LogP contribution in [0.1, 0.15) is 31.0 Å². The fraction of sp³-hybridized carbons (Fsp3) is 0.412. The number of methoxy groups -OCH3 is 1. The smallest absolute Gasteiger partial charge is 0.127 e. The molecular formula is C17H21NO. The van der Waals surface area contributed by atoms with Crippen LogP contribution in [-0.2, 0) is 6.42 Å². The quantitative estimate of drug-likeness (QED) is 0.903. The van der Waals surface area contributed by atoms with E-state index in [9.17, 15) is 0 Å². The van der Waals surface area contributed by atoms with E-state index in [2.05, 4.69) is 49.5 Å². The summed E-state index contributed by atoms with van der Waals surface area (Å²) in [5.74, 6) is 1.64. The summed E-state index contributed by atoms with van der Waals surface area (Å²) in [7, 11) is 1.76. The molecule has 1 aliphatic rings. The first-order valence-electron chi connectivity index (χ1n) is 7.08. The van der Waals surface area contributed by atoms with Crippen molar-refractivity contribution in [2.45, 2.75) is 26.3 Å². The van der Waals surface area contributed by atoms with Gasteiger partial charge >= 0.3 is 0 Å². The lowest BCUT2D eigenvalue weighted by Crippen LogP contribution is -2.23. The van der Waals surface area contributed by atoms with Crippen LogP contribution in [0.2, 0.25) is 0 Å². The van der Waals surface area contributed by atoms with Crippen LogP contribution in [0, 0.1) is 5.92 Å². The Bertz CT molecular complexity index is 605. The van der Waals surface area contributed by atoms with Gasteiger partial charge in [0.1, 0.15) is 5.75 Å². The zero-order chi connectivity index (χ0) is 13.4. The molecule has 0 heterocycles. The molecule has 0 amide bonds. The normalized spacial score (nSPS) is 21.6. The summed E-state index contributed by atoms with van der Waals surface area (Å²) in [6.07, 6.45) is 1.15. The van der Waals surface area contributed by atoms with E-state index in [-0.39, 0.29) is 0 Å². The van der Waals surface area contributed by atoms with Gasteiger partial charge in [0.25, 0.3) is 0 Å². The topological polar surface area (TPSA) is 21.3 Å². The van der Waals surface area contributed by atoms with Crippen molar-refractivity contribution in [3.63, 3.8) is 0 Å². The SMILES string of the molecule is CCNC1c2cc(OC)c3ccccc3c2CC1C. The Morgan fingerprint density at radius 1 is 1.26 bits per heavy atom. The molecule has 0 saturated heterocycles. The summed E-state index contributed by atoms with van der Waals surface area (Å²) in [6, 6.07) is 11.3.